The van der Waals surface area contributed by atoms with Gasteiger partial charge in [0.1, 0.15) is 0 Å². The van der Waals surface area contributed by atoms with E-state index >= 15 is 0 Å². The zero-order chi connectivity index (χ0) is 18.9. The molecule has 0 aromatic heterocycles. The monoisotopic (exact) mass is 395 g/mol. The van der Waals surface area contributed by atoms with E-state index in [1.807, 2.05) is 36.1 Å². The maximum atomic E-state index is 12.5. The third kappa shape index (κ3) is 4.24. The molecule has 0 aliphatic carbocycles. The zero-order valence-electron chi connectivity index (χ0n) is 14.4. The molecule has 0 unspecified atom stereocenters. The first-order valence-corrected chi connectivity index (χ1v) is 11.2. The molecule has 0 saturated carbocycles. The van der Waals surface area contributed by atoms with Gasteiger partial charge in [0.25, 0.3) is 0 Å². The summed E-state index contributed by atoms with van der Waals surface area (Å²) >= 11 is 0. The van der Waals surface area contributed by atoms with E-state index in [1.54, 1.807) is 0 Å². The highest BCUT2D eigenvalue weighted by Crippen LogP contribution is 2.24. The molecule has 3 rings (SSSR count). The average molecular weight is 396 g/mol. The number of hydrogen-bond donors (Lipinski definition) is 1. The van der Waals surface area contributed by atoms with Crippen molar-refractivity contribution >= 4 is 25.7 Å². The Morgan fingerprint density at radius 2 is 1.65 bits per heavy atom. The van der Waals surface area contributed by atoms with Gasteiger partial charge in [0.15, 0.2) is 0 Å². The average Bonchev–Trinajstić information content (AvgIpc) is 2.58. The van der Waals surface area contributed by atoms with Gasteiger partial charge in [-0.3, -0.25) is 9.21 Å². The number of anilines is 1. The summed E-state index contributed by atoms with van der Waals surface area (Å²) in [6.45, 7) is 3.32. The summed E-state index contributed by atoms with van der Waals surface area (Å²) in [7, 11) is -7.26. The third-order valence-corrected chi connectivity index (χ3v) is 6.94. The molecule has 1 saturated heterocycles. The molecule has 2 aromatic rings. The van der Waals surface area contributed by atoms with Crippen LogP contribution in [0.2, 0.25) is 0 Å². The van der Waals surface area contributed by atoms with Gasteiger partial charge >= 0.3 is 0 Å². The van der Waals surface area contributed by atoms with Crippen molar-refractivity contribution in [3.63, 3.8) is 0 Å². The summed E-state index contributed by atoms with van der Waals surface area (Å²) < 4.78 is 49.0. The normalized spacial score (nSPS) is 18.0. The van der Waals surface area contributed by atoms with Crippen LogP contribution in [0.1, 0.15) is 11.1 Å². The van der Waals surface area contributed by atoms with Gasteiger partial charge in [-0.1, -0.05) is 29.8 Å². The lowest BCUT2D eigenvalue weighted by molar-refractivity contribution is 0.280. The van der Waals surface area contributed by atoms with Crippen LogP contribution in [0.25, 0.3) is 0 Å². The van der Waals surface area contributed by atoms with Crippen LogP contribution in [0.4, 0.5) is 5.69 Å². The smallest absolute Gasteiger partial charge is 0.238 e. The minimum Gasteiger partial charge on any atom is -0.280 e. The van der Waals surface area contributed by atoms with Crippen molar-refractivity contribution in [1.82, 2.24) is 4.90 Å². The van der Waals surface area contributed by atoms with Gasteiger partial charge in [-0.2, -0.15) is 0 Å². The van der Waals surface area contributed by atoms with Crippen molar-refractivity contribution in [2.75, 3.05) is 23.3 Å². The maximum absolute atomic E-state index is 12.5. The van der Waals surface area contributed by atoms with Crippen molar-refractivity contribution in [3.8, 4) is 0 Å². The van der Waals surface area contributed by atoms with Crippen molar-refractivity contribution in [1.29, 1.82) is 0 Å². The van der Waals surface area contributed by atoms with Crippen LogP contribution in [-0.4, -0.2) is 40.7 Å². The Hall–Kier alpha value is -1.94. The lowest BCUT2D eigenvalue weighted by Gasteiger charge is -2.36. The highest BCUT2D eigenvalue weighted by Gasteiger charge is 2.30. The van der Waals surface area contributed by atoms with Gasteiger partial charge < -0.3 is 0 Å². The lowest BCUT2D eigenvalue weighted by atomic mass is 10.1. The van der Waals surface area contributed by atoms with Gasteiger partial charge in [0.2, 0.25) is 20.0 Å². The molecule has 0 atom stereocenters. The Kier molecular flexibility index (Phi) is 5.07. The van der Waals surface area contributed by atoms with Crippen molar-refractivity contribution in [2.45, 2.75) is 18.4 Å². The molecule has 1 heterocycles. The fourth-order valence-electron chi connectivity index (χ4n) is 2.82. The minimum absolute atomic E-state index is 0.00972. The summed E-state index contributed by atoms with van der Waals surface area (Å²) in [5.41, 5.74) is 2.71. The summed E-state index contributed by atoms with van der Waals surface area (Å²) in [4.78, 5) is 1.99. The minimum atomic E-state index is -3.81. The second-order valence-corrected chi connectivity index (χ2v) is 9.96. The number of primary sulfonamides is 1. The van der Waals surface area contributed by atoms with Crippen LogP contribution in [0.5, 0.6) is 0 Å². The molecule has 9 heteroatoms. The van der Waals surface area contributed by atoms with Crippen molar-refractivity contribution < 1.29 is 16.8 Å². The first kappa shape index (κ1) is 18.8. The highest BCUT2D eigenvalue weighted by atomic mass is 32.2. The molecule has 0 amide bonds. The zero-order valence-corrected chi connectivity index (χ0v) is 16.0. The topological polar surface area (TPSA) is 101 Å². The number of nitrogens with two attached hydrogens (primary N) is 1. The molecule has 1 fully saturated rings. The van der Waals surface area contributed by atoms with Crippen LogP contribution < -0.4 is 9.44 Å². The molecule has 26 heavy (non-hydrogen) atoms. The van der Waals surface area contributed by atoms with Crippen molar-refractivity contribution in [3.05, 3.63) is 59.7 Å². The Morgan fingerprint density at radius 1 is 1.04 bits per heavy atom. The van der Waals surface area contributed by atoms with Crippen LogP contribution in [0, 0.1) is 6.92 Å². The van der Waals surface area contributed by atoms with Crippen LogP contribution in [0.3, 0.4) is 0 Å². The standard InChI is InChI=1S/C17H21N3O4S2/c1-14-2-4-15(5-3-14)12-19-10-11-25(21,22)20(13-19)16-6-8-17(9-7-16)26(18,23)24/h2-9H,10-13H2,1H3,(H2,18,23,24). The molecule has 140 valence electrons. The van der Waals surface area contributed by atoms with E-state index < -0.39 is 20.0 Å². The summed E-state index contributed by atoms with van der Waals surface area (Å²) in [6, 6.07) is 13.7. The Labute approximate surface area is 154 Å². The van der Waals surface area contributed by atoms with Gasteiger partial charge in [-0.05, 0) is 36.8 Å². The number of rotatable bonds is 4. The number of sulfonamides is 2. The van der Waals surface area contributed by atoms with E-state index in [1.165, 1.54) is 34.1 Å². The summed E-state index contributed by atoms with van der Waals surface area (Å²) in [5, 5.41) is 5.09. The fourth-order valence-corrected chi connectivity index (χ4v) is 4.83. The first-order chi connectivity index (χ1) is 12.1. The molecule has 0 bridgehead atoms. The first-order valence-electron chi connectivity index (χ1n) is 8.06. The van der Waals surface area contributed by atoms with Gasteiger partial charge in [-0.15, -0.1) is 0 Å². The van der Waals surface area contributed by atoms with Crippen LogP contribution in [-0.2, 0) is 26.6 Å². The van der Waals surface area contributed by atoms with Crippen molar-refractivity contribution in [2.24, 2.45) is 5.14 Å². The number of hydrogen-bond acceptors (Lipinski definition) is 5. The quantitative estimate of drug-likeness (QED) is 0.840. The molecular weight excluding hydrogens is 374 g/mol. The maximum Gasteiger partial charge on any atom is 0.238 e. The third-order valence-electron chi connectivity index (χ3n) is 4.31. The van der Waals surface area contributed by atoms with Gasteiger partial charge in [0.05, 0.1) is 23.0 Å². The molecule has 2 N–H and O–H groups in total. The number of benzene rings is 2. The summed E-state index contributed by atoms with van der Waals surface area (Å²) in [5.74, 6) is 0.00972. The molecule has 7 nitrogen and oxygen atoms in total. The van der Waals surface area contributed by atoms with E-state index in [9.17, 15) is 16.8 Å². The second kappa shape index (κ2) is 6.99. The number of aryl methyl sites for hydroxylation is 1. The molecule has 1 aliphatic rings. The molecule has 2 aromatic carbocycles. The molecule has 1 aliphatic heterocycles. The molecule has 0 spiro atoms. The van der Waals surface area contributed by atoms with E-state index in [-0.39, 0.29) is 17.3 Å². The number of nitrogens with zero attached hydrogens (tertiary/aromatic N) is 2. The predicted molar refractivity (Wildman–Crippen MR) is 101 cm³/mol. The summed E-state index contributed by atoms with van der Waals surface area (Å²) in [6.07, 6.45) is 0. The van der Waals surface area contributed by atoms with Gasteiger partial charge in [0, 0.05) is 13.1 Å². The van der Waals surface area contributed by atoms with E-state index in [0.29, 0.717) is 18.8 Å². The largest absolute Gasteiger partial charge is 0.280 e. The lowest BCUT2D eigenvalue weighted by Crippen LogP contribution is -2.50. The van der Waals surface area contributed by atoms with E-state index in [4.69, 9.17) is 5.14 Å². The molecule has 0 radical (unpaired) electrons. The van der Waals surface area contributed by atoms with Gasteiger partial charge in [-0.25, -0.2) is 22.0 Å². The second-order valence-electron chi connectivity index (χ2n) is 6.38. The van der Waals surface area contributed by atoms with E-state index in [0.717, 1.165) is 5.56 Å². The molecular formula is C17H21N3O4S2. The predicted octanol–water partition coefficient (Wildman–Crippen LogP) is 1.25. The highest BCUT2D eigenvalue weighted by molar-refractivity contribution is 7.92. The van der Waals surface area contributed by atoms with Crippen LogP contribution in [0.15, 0.2) is 53.4 Å². The van der Waals surface area contributed by atoms with E-state index in [2.05, 4.69) is 0 Å². The Balaban J connectivity index is 1.81. The Morgan fingerprint density at radius 3 is 2.23 bits per heavy atom. The Bertz CT molecular complexity index is 985. The SMILES string of the molecule is Cc1ccc(CN2CCS(=O)(=O)N(c3ccc(S(N)(=O)=O)cc3)C2)cc1. The fraction of sp³-hybridized carbons (Fsp3) is 0.294. The van der Waals surface area contributed by atoms with Crippen LogP contribution >= 0.6 is 0 Å².